The van der Waals surface area contributed by atoms with Crippen LogP contribution in [0.5, 0.6) is 0 Å². The highest BCUT2D eigenvalue weighted by Gasteiger charge is 2.35. The summed E-state index contributed by atoms with van der Waals surface area (Å²) in [6, 6.07) is 9.12. The standard InChI is InChI=1S/C23H26FN5/c24-17-5-3-4-16(12-17)20-13-22-25-19-7-2-1-6-18(19)23(29(22)27-20)26-21-14-28-10-8-15(21)9-11-28/h3-5,12-13,15,21,26H,1-2,6-11,14H2. The van der Waals surface area contributed by atoms with Gasteiger partial charge < -0.3 is 10.2 Å². The summed E-state index contributed by atoms with van der Waals surface area (Å²) in [6.07, 6.45) is 7.04. The highest BCUT2D eigenvalue weighted by Crippen LogP contribution is 2.34. The first-order valence-corrected chi connectivity index (χ1v) is 10.9. The van der Waals surface area contributed by atoms with E-state index in [1.54, 1.807) is 12.1 Å². The van der Waals surface area contributed by atoms with E-state index in [0.717, 1.165) is 48.0 Å². The molecule has 150 valence electrons. The molecule has 1 atom stereocenters. The van der Waals surface area contributed by atoms with Gasteiger partial charge in [0.1, 0.15) is 11.6 Å². The number of halogens is 1. The Kier molecular flexibility index (Phi) is 4.08. The second-order valence-electron chi connectivity index (χ2n) is 8.79. The molecule has 3 aliphatic heterocycles. The minimum Gasteiger partial charge on any atom is -0.365 e. The lowest BCUT2D eigenvalue weighted by Gasteiger charge is -2.45. The van der Waals surface area contributed by atoms with Gasteiger partial charge in [0.2, 0.25) is 0 Å². The van der Waals surface area contributed by atoms with Gasteiger partial charge in [0, 0.05) is 35.5 Å². The molecule has 5 heterocycles. The summed E-state index contributed by atoms with van der Waals surface area (Å²) in [4.78, 5) is 7.52. The minimum absolute atomic E-state index is 0.238. The fraction of sp³-hybridized carbons (Fsp3) is 0.478. The van der Waals surface area contributed by atoms with Crippen LogP contribution >= 0.6 is 0 Å². The largest absolute Gasteiger partial charge is 0.365 e. The lowest BCUT2D eigenvalue weighted by Crippen LogP contribution is -2.53. The molecule has 1 aliphatic carbocycles. The first-order chi connectivity index (χ1) is 14.2. The molecule has 0 radical (unpaired) electrons. The monoisotopic (exact) mass is 391 g/mol. The number of aryl methyl sites for hydroxylation is 1. The molecule has 0 saturated carbocycles. The maximum absolute atomic E-state index is 13.8. The number of aromatic nitrogens is 3. The van der Waals surface area contributed by atoms with Crippen molar-refractivity contribution < 1.29 is 4.39 Å². The van der Waals surface area contributed by atoms with Gasteiger partial charge in [-0.2, -0.15) is 9.61 Å². The predicted molar refractivity (Wildman–Crippen MR) is 112 cm³/mol. The summed E-state index contributed by atoms with van der Waals surface area (Å²) >= 11 is 0. The van der Waals surface area contributed by atoms with Crippen molar-refractivity contribution in [1.82, 2.24) is 19.5 Å². The number of hydrogen-bond acceptors (Lipinski definition) is 4. The summed E-state index contributed by atoms with van der Waals surface area (Å²) in [5.74, 6) is 1.62. The van der Waals surface area contributed by atoms with Crippen molar-refractivity contribution in [2.24, 2.45) is 5.92 Å². The Hall–Kier alpha value is -2.47. The Morgan fingerprint density at radius 3 is 2.72 bits per heavy atom. The summed E-state index contributed by atoms with van der Waals surface area (Å²) < 4.78 is 15.7. The molecule has 5 nitrogen and oxygen atoms in total. The average Bonchev–Trinajstić information content (AvgIpc) is 3.18. The second-order valence-corrected chi connectivity index (χ2v) is 8.79. The molecular formula is C23H26FN5. The van der Waals surface area contributed by atoms with Gasteiger partial charge in [-0.05, 0) is 69.7 Å². The fourth-order valence-corrected chi connectivity index (χ4v) is 5.39. The van der Waals surface area contributed by atoms with E-state index in [1.807, 2.05) is 16.6 Å². The molecular weight excluding hydrogens is 365 g/mol. The van der Waals surface area contributed by atoms with Crippen molar-refractivity contribution in [2.45, 2.75) is 44.6 Å². The van der Waals surface area contributed by atoms with E-state index >= 15 is 0 Å². The van der Waals surface area contributed by atoms with Gasteiger partial charge in [0.25, 0.3) is 0 Å². The van der Waals surface area contributed by atoms with Gasteiger partial charge in [-0.1, -0.05) is 12.1 Å². The van der Waals surface area contributed by atoms with Crippen LogP contribution in [-0.2, 0) is 12.8 Å². The maximum Gasteiger partial charge on any atom is 0.158 e. The Balaban J connectivity index is 1.46. The topological polar surface area (TPSA) is 45.5 Å². The molecule has 1 aromatic carbocycles. The van der Waals surface area contributed by atoms with E-state index in [-0.39, 0.29) is 5.82 Å². The number of piperidine rings is 3. The number of rotatable bonds is 3. The molecule has 0 spiro atoms. The van der Waals surface area contributed by atoms with Crippen molar-refractivity contribution in [3.63, 3.8) is 0 Å². The molecule has 3 aromatic rings. The van der Waals surface area contributed by atoms with Gasteiger partial charge in [-0.3, -0.25) is 0 Å². The average molecular weight is 391 g/mol. The van der Waals surface area contributed by atoms with E-state index in [1.165, 1.54) is 56.1 Å². The van der Waals surface area contributed by atoms with Gasteiger partial charge >= 0.3 is 0 Å². The summed E-state index contributed by atoms with van der Waals surface area (Å²) in [5.41, 5.74) is 4.96. The highest BCUT2D eigenvalue weighted by atomic mass is 19.1. The normalized spacial score (nSPS) is 25.9. The van der Waals surface area contributed by atoms with Crippen LogP contribution in [-0.4, -0.2) is 45.2 Å². The van der Waals surface area contributed by atoms with Crippen LogP contribution in [0.2, 0.25) is 0 Å². The first-order valence-electron chi connectivity index (χ1n) is 10.9. The fourth-order valence-electron chi connectivity index (χ4n) is 5.39. The molecule has 7 rings (SSSR count). The van der Waals surface area contributed by atoms with E-state index in [2.05, 4.69) is 10.2 Å². The Morgan fingerprint density at radius 2 is 1.93 bits per heavy atom. The van der Waals surface area contributed by atoms with Crippen molar-refractivity contribution >= 4 is 11.5 Å². The summed E-state index contributed by atoms with van der Waals surface area (Å²) in [7, 11) is 0. The second kappa shape index (κ2) is 6.80. The van der Waals surface area contributed by atoms with E-state index in [0.29, 0.717) is 6.04 Å². The molecule has 2 bridgehead atoms. The molecule has 4 aliphatic rings. The van der Waals surface area contributed by atoms with E-state index in [9.17, 15) is 4.39 Å². The zero-order valence-corrected chi connectivity index (χ0v) is 16.6. The zero-order valence-electron chi connectivity index (χ0n) is 16.6. The maximum atomic E-state index is 13.8. The van der Waals surface area contributed by atoms with Crippen molar-refractivity contribution in [3.05, 3.63) is 47.4 Å². The minimum atomic E-state index is -0.238. The number of anilines is 1. The van der Waals surface area contributed by atoms with Crippen molar-refractivity contribution in [2.75, 3.05) is 25.0 Å². The lowest BCUT2D eigenvalue weighted by atomic mass is 9.84. The number of nitrogens with zero attached hydrogens (tertiary/aromatic N) is 4. The Labute approximate surface area is 169 Å². The van der Waals surface area contributed by atoms with E-state index < -0.39 is 0 Å². The predicted octanol–water partition coefficient (Wildman–Crippen LogP) is 3.92. The number of benzene rings is 1. The lowest BCUT2D eigenvalue weighted by molar-refractivity contribution is 0.0972. The van der Waals surface area contributed by atoms with Crippen LogP contribution in [0.1, 0.15) is 36.9 Å². The van der Waals surface area contributed by atoms with Crippen LogP contribution in [0.3, 0.4) is 0 Å². The molecule has 0 amide bonds. The molecule has 29 heavy (non-hydrogen) atoms. The number of nitrogens with one attached hydrogen (secondary N) is 1. The molecule has 3 saturated heterocycles. The third-order valence-electron chi connectivity index (χ3n) is 6.98. The van der Waals surface area contributed by atoms with Crippen LogP contribution in [0.25, 0.3) is 16.9 Å². The van der Waals surface area contributed by atoms with Gasteiger partial charge in [-0.15, -0.1) is 0 Å². The van der Waals surface area contributed by atoms with Gasteiger partial charge in [-0.25, -0.2) is 9.37 Å². The summed E-state index contributed by atoms with van der Waals surface area (Å²) in [5, 5.41) is 8.78. The third kappa shape index (κ3) is 3.01. The van der Waals surface area contributed by atoms with Crippen LogP contribution in [0.4, 0.5) is 10.2 Å². The quantitative estimate of drug-likeness (QED) is 0.735. The molecule has 1 N–H and O–H groups in total. The highest BCUT2D eigenvalue weighted by molar-refractivity contribution is 5.67. The van der Waals surface area contributed by atoms with Crippen LogP contribution in [0, 0.1) is 11.7 Å². The van der Waals surface area contributed by atoms with Crippen molar-refractivity contribution in [1.29, 1.82) is 0 Å². The molecule has 2 aromatic heterocycles. The third-order valence-corrected chi connectivity index (χ3v) is 6.98. The number of hydrogen-bond donors (Lipinski definition) is 1. The molecule has 1 unspecified atom stereocenters. The first kappa shape index (κ1) is 17.4. The van der Waals surface area contributed by atoms with Gasteiger partial charge in [0.15, 0.2) is 5.65 Å². The van der Waals surface area contributed by atoms with E-state index in [4.69, 9.17) is 10.1 Å². The molecule has 3 fully saturated rings. The number of fused-ring (bicyclic) bond motifs is 5. The Bertz CT molecular complexity index is 1070. The smallest absolute Gasteiger partial charge is 0.158 e. The Morgan fingerprint density at radius 1 is 1.07 bits per heavy atom. The van der Waals surface area contributed by atoms with Gasteiger partial charge in [0.05, 0.1) is 5.69 Å². The van der Waals surface area contributed by atoms with Crippen LogP contribution in [0.15, 0.2) is 30.3 Å². The molecule has 6 heteroatoms. The van der Waals surface area contributed by atoms with Crippen LogP contribution < -0.4 is 5.32 Å². The zero-order chi connectivity index (χ0) is 19.4. The van der Waals surface area contributed by atoms with Crippen molar-refractivity contribution in [3.8, 4) is 11.3 Å². The summed E-state index contributed by atoms with van der Waals surface area (Å²) in [6.45, 7) is 3.58. The SMILES string of the molecule is Fc1cccc(-c2cc3nc4c(c(NC5CN6CCC5CC6)n3n2)CCCC4)c1.